The Kier molecular flexibility index (Phi) is 5.25. The molecule has 0 aliphatic heterocycles. The predicted molar refractivity (Wildman–Crippen MR) is 137 cm³/mol. The number of thiazole rings is 1. The summed E-state index contributed by atoms with van der Waals surface area (Å²) in [5, 5.41) is 7.21. The van der Waals surface area contributed by atoms with Crippen LogP contribution in [0.4, 0.5) is 0 Å². The summed E-state index contributed by atoms with van der Waals surface area (Å²) < 4.78 is 4.24. The number of fused-ring (bicyclic) bond motifs is 1. The highest BCUT2D eigenvalue weighted by Gasteiger charge is 2.15. The predicted octanol–water partition coefficient (Wildman–Crippen LogP) is 5.72. The first-order chi connectivity index (χ1) is 16.8. The van der Waals surface area contributed by atoms with Crippen LogP contribution in [0.5, 0.6) is 0 Å². The molecule has 0 atom stereocenters. The van der Waals surface area contributed by atoms with Crippen molar-refractivity contribution in [3.05, 3.63) is 102 Å². The molecule has 0 saturated carbocycles. The van der Waals surface area contributed by atoms with Crippen LogP contribution in [0.25, 0.3) is 44.5 Å². The summed E-state index contributed by atoms with van der Waals surface area (Å²) in [5.41, 5.74) is 6.22. The summed E-state index contributed by atoms with van der Waals surface area (Å²) >= 11 is 1.59. The second-order valence-electron chi connectivity index (χ2n) is 8.00. The van der Waals surface area contributed by atoms with Gasteiger partial charge in [-0.15, -0.1) is 11.3 Å². The van der Waals surface area contributed by atoms with Crippen molar-refractivity contribution < 1.29 is 0 Å². The fourth-order valence-electron chi connectivity index (χ4n) is 4.16. The first kappa shape index (κ1) is 20.5. The van der Waals surface area contributed by atoms with E-state index in [4.69, 9.17) is 4.98 Å². The number of benzene rings is 2. The molecule has 0 saturated heterocycles. The zero-order valence-electron chi connectivity index (χ0n) is 18.6. The Balaban J connectivity index is 1.42. The van der Waals surface area contributed by atoms with Gasteiger partial charge in [-0.3, -0.25) is 4.57 Å². The number of rotatable bonds is 6. The summed E-state index contributed by atoms with van der Waals surface area (Å²) in [5.74, 6) is 0.883. The number of hydrogen-bond donors (Lipinski definition) is 1. The summed E-state index contributed by atoms with van der Waals surface area (Å²) in [6.07, 6.45) is 7.76. The average molecular weight is 463 g/mol. The Morgan fingerprint density at radius 3 is 2.41 bits per heavy atom. The minimum Gasteiger partial charge on any atom is -0.316 e. The van der Waals surface area contributed by atoms with E-state index in [2.05, 4.69) is 97.5 Å². The van der Waals surface area contributed by atoms with Crippen LogP contribution in [0.3, 0.4) is 0 Å². The van der Waals surface area contributed by atoms with Crippen LogP contribution in [0.15, 0.2) is 96.9 Å². The van der Waals surface area contributed by atoms with Crippen LogP contribution >= 0.6 is 11.3 Å². The summed E-state index contributed by atoms with van der Waals surface area (Å²) in [7, 11) is 1.96. The van der Waals surface area contributed by atoms with Crippen LogP contribution in [0.1, 0.15) is 5.56 Å². The van der Waals surface area contributed by atoms with E-state index in [1.165, 1.54) is 5.56 Å². The molecule has 0 aliphatic rings. The second-order valence-corrected chi connectivity index (χ2v) is 8.90. The highest BCUT2D eigenvalue weighted by atomic mass is 32.1. The van der Waals surface area contributed by atoms with Gasteiger partial charge in [-0.1, -0.05) is 12.1 Å². The lowest BCUT2D eigenvalue weighted by atomic mass is 10.1. The van der Waals surface area contributed by atoms with E-state index < -0.39 is 0 Å². The molecule has 166 valence electrons. The highest BCUT2D eigenvalue weighted by molar-refractivity contribution is 7.13. The largest absolute Gasteiger partial charge is 0.316 e. The van der Waals surface area contributed by atoms with Crippen LogP contribution in [0, 0.1) is 0 Å². The Morgan fingerprint density at radius 2 is 1.65 bits per heavy atom. The van der Waals surface area contributed by atoms with Crippen LogP contribution in [0.2, 0.25) is 0 Å². The maximum absolute atomic E-state index is 4.98. The molecule has 4 heterocycles. The molecule has 2 aromatic carbocycles. The first-order valence-corrected chi connectivity index (χ1v) is 11.9. The van der Waals surface area contributed by atoms with Gasteiger partial charge in [-0.2, -0.15) is 0 Å². The lowest BCUT2D eigenvalue weighted by molar-refractivity contribution is 0.817. The summed E-state index contributed by atoms with van der Waals surface area (Å²) in [6.45, 7) is 0.839. The molecule has 0 amide bonds. The van der Waals surface area contributed by atoms with Crippen LogP contribution in [-0.2, 0) is 6.54 Å². The number of aromatic nitrogens is 5. The molecule has 7 heteroatoms. The third-order valence-electron chi connectivity index (χ3n) is 5.80. The number of pyridine rings is 1. The van der Waals surface area contributed by atoms with Gasteiger partial charge in [-0.05, 0) is 67.2 Å². The van der Waals surface area contributed by atoms with E-state index in [1.54, 1.807) is 11.3 Å². The third kappa shape index (κ3) is 3.71. The highest BCUT2D eigenvalue weighted by Crippen LogP contribution is 2.30. The Hall–Kier alpha value is -4.07. The molecular weight excluding hydrogens is 440 g/mol. The summed E-state index contributed by atoms with van der Waals surface area (Å²) in [4.78, 5) is 14.0. The Bertz CT molecular complexity index is 1540. The monoisotopic (exact) mass is 462 g/mol. The summed E-state index contributed by atoms with van der Waals surface area (Å²) in [6, 6.07) is 23.1. The number of imidazole rings is 1. The van der Waals surface area contributed by atoms with Gasteiger partial charge in [0, 0.05) is 59.0 Å². The fourth-order valence-corrected chi connectivity index (χ4v) is 4.75. The van der Waals surface area contributed by atoms with Gasteiger partial charge in [0.1, 0.15) is 22.2 Å². The van der Waals surface area contributed by atoms with E-state index in [1.807, 2.05) is 30.9 Å². The van der Waals surface area contributed by atoms with E-state index >= 15 is 0 Å². The van der Waals surface area contributed by atoms with Gasteiger partial charge < -0.3 is 9.88 Å². The van der Waals surface area contributed by atoms with E-state index in [0.717, 1.165) is 51.0 Å². The molecule has 4 aromatic heterocycles. The van der Waals surface area contributed by atoms with Crippen molar-refractivity contribution in [2.75, 3.05) is 7.05 Å². The number of hydrogen-bond acceptors (Lipinski definition) is 5. The Morgan fingerprint density at radius 1 is 0.853 bits per heavy atom. The lowest BCUT2D eigenvalue weighted by Gasteiger charge is -2.10. The minimum absolute atomic E-state index is 0.839. The third-order valence-corrected chi connectivity index (χ3v) is 6.60. The molecule has 1 N–H and O–H groups in total. The van der Waals surface area contributed by atoms with Crippen molar-refractivity contribution in [3.8, 4) is 33.5 Å². The molecule has 6 rings (SSSR count). The molecular formula is C27H22N6S. The quantitative estimate of drug-likeness (QED) is 0.344. The molecule has 0 radical (unpaired) electrons. The van der Waals surface area contributed by atoms with Gasteiger partial charge in [0.05, 0.1) is 0 Å². The lowest BCUT2D eigenvalue weighted by Crippen LogP contribution is -2.05. The average Bonchev–Trinajstić information content (AvgIpc) is 3.64. The second kappa shape index (κ2) is 8.70. The normalized spacial score (nSPS) is 11.3. The maximum Gasteiger partial charge on any atom is 0.145 e. The van der Waals surface area contributed by atoms with Crippen molar-refractivity contribution in [2.24, 2.45) is 0 Å². The van der Waals surface area contributed by atoms with Crippen LogP contribution < -0.4 is 5.32 Å². The van der Waals surface area contributed by atoms with Crippen molar-refractivity contribution in [1.82, 2.24) is 29.4 Å². The van der Waals surface area contributed by atoms with E-state index in [0.29, 0.717) is 0 Å². The smallest absolute Gasteiger partial charge is 0.145 e. The van der Waals surface area contributed by atoms with E-state index in [-0.39, 0.29) is 0 Å². The SMILES string of the molecule is CNCc1ccc(-n2cc(-c3nccs3)nc2-c2ccc(-n3ccc4cccnc43)cc2)cc1. The molecule has 0 spiro atoms. The van der Waals surface area contributed by atoms with Gasteiger partial charge in [0.25, 0.3) is 0 Å². The molecule has 0 unspecified atom stereocenters. The standard InChI is InChI=1S/C27H22N6S/c1-28-17-19-4-8-23(9-5-19)33-18-24(27-30-14-16-34-27)31-26(33)21-6-10-22(11-7-21)32-15-12-20-3-2-13-29-25(20)32/h2-16,18,28H,17H2,1H3. The number of nitrogens with zero attached hydrogens (tertiary/aromatic N) is 5. The molecule has 6 nitrogen and oxygen atoms in total. The zero-order valence-corrected chi connectivity index (χ0v) is 19.4. The topological polar surface area (TPSA) is 60.6 Å². The van der Waals surface area contributed by atoms with Crippen molar-refractivity contribution in [2.45, 2.75) is 6.54 Å². The minimum atomic E-state index is 0.839. The molecule has 0 bridgehead atoms. The Labute approximate surface area is 201 Å². The van der Waals surface area contributed by atoms with Gasteiger partial charge in [0.2, 0.25) is 0 Å². The molecule has 6 aromatic rings. The van der Waals surface area contributed by atoms with Gasteiger partial charge in [0.15, 0.2) is 0 Å². The zero-order chi connectivity index (χ0) is 22.9. The van der Waals surface area contributed by atoms with Gasteiger partial charge >= 0.3 is 0 Å². The van der Waals surface area contributed by atoms with Crippen molar-refractivity contribution in [1.29, 1.82) is 0 Å². The first-order valence-electron chi connectivity index (χ1n) is 11.1. The number of nitrogens with one attached hydrogen (secondary N) is 1. The van der Waals surface area contributed by atoms with Crippen molar-refractivity contribution >= 4 is 22.4 Å². The maximum atomic E-state index is 4.98. The molecule has 0 fully saturated rings. The van der Waals surface area contributed by atoms with Crippen LogP contribution in [-0.4, -0.2) is 31.1 Å². The fraction of sp³-hybridized carbons (Fsp3) is 0.0741. The molecule has 34 heavy (non-hydrogen) atoms. The molecule has 0 aliphatic carbocycles. The van der Waals surface area contributed by atoms with E-state index in [9.17, 15) is 0 Å². The van der Waals surface area contributed by atoms with Crippen molar-refractivity contribution in [3.63, 3.8) is 0 Å². The van der Waals surface area contributed by atoms with Gasteiger partial charge in [-0.25, -0.2) is 15.0 Å².